The minimum atomic E-state index is -0.877. The third kappa shape index (κ3) is 3.50. The molecule has 2 saturated heterocycles. The molecule has 8 heteroatoms. The maximum absolute atomic E-state index is 14.3. The van der Waals surface area contributed by atoms with Crippen molar-refractivity contribution in [1.29, 1.82) is 0 Å². The first-order valence-corrected chi connectivity index (χ1v) is 13.3. The van der Waals surface area contributed by atoms with Crippen LogP contribution in [0.1, 0.15) is 12.8 Å². The number of likely N-dealkylation sites (tertiary alicyclic amines) is 1. The average Bonchev–Trinajstić information content (AvgIpc) is 3.25. The summed E-state index contributed by atoms with van der Waals surface area (Å²) in [5, 5.41) is 11.4. The molecule has 4 heterocycles. The molecule has 0 radical (unpaired) electrons. The van der Waals surface area contributed by atoms with Gasteiger partial charge in [0.15, 0.2) is 0 Å². The van der Waals surface area contributed by atoms with Crippen LogP contribution >= 0.6 is 11.8 Å². The predicted octanol–water partition coefficient (Wildman–Crippen LogP) is 2.93. The van der Waals surface area contributed by atoms with Crippen LogP contribution in [0.15, 0.2) is 66.8 Å². The Morgan fingerprint density at radius 2 is 1.89 bits per heavy atom. The molecule has 0 aromatic heterocycles. The van der Waals surface area contributed by atoms with E-state index in [1.54, 1.807) is 9.80 Å². The fraction of sp³-hybridized carbons (Fsp3) is 0.393. The highest BCUT2D eigenvalue weighted by molar-refractivity contribution is 8.02. The molecule has 186 valence electrons. The van der Waals surface area contributed by atoms with E-state index in [0.717, 1.165) is 16.5 Å². The van der Waals surface area contributed by atoms with Crippen LogP contribution in [-0.4, -0.2) is 70.1 Å². The number of rotatable bonds is 4. The number of amides is 2. The molecule has 0 saturated carbocycles. The first kappa shape index (κ1) is 23.3. The SMILES string of the molecule is O=C1OCCC=C[C@@H]2S[C@]34C=CCN(c5ccc6ccccc6c5)C(=O)C3N(CCCO)C(=O)[C@@H]4[C@H]12. The maximum Gasteiger partial charge on any atom is 0.311 e. The minimum Gasteiger partial charge on any atom is -0.465 e. The summed E-state index contributed by atoms with van der Waals surface area (Å²) in [5.74, 6) is -2.08. The first-order chi connectivity index (χ1) is 17.5. The molecule has 2 aromatic rings. The van der Waals surface area contributed by atoms with Crippen LogP contribution in [0.4, 0.5) is 5.69 Å². The first-order valence-electron chi connectivity index (χ1n) is 12.5. The lowest BCUT2D eigenvalue weighted by Gasteiger charge is -2.35. The Labute approximate surface area is 213 Å². The summed E-state index contributed by atoms with van der Waals surface area (Å²) < 4.78 is 4.63. The largest absolute Gasteiger partial charge is 0.465 e. The molecule has 4 aliphatic rings. The summed E-state index contributed by atoms with van der Waals surface area (Å²) in [6.07, 6.45) is 8.97. The third-order valence-electron chi connectivity index (χ3n) is 7.72. The number of carbonyl (C=O) groups is 3. The van der Waals surface area contributed by atoms with Gasteiger partial charge in [0.1, 0.15) is 6.04 Å². The zero-order chi connectivity index (χ0) is 24.9. The standard InChI is InChI=1S/C28H28N2O5S/c31-15-6-14-30-24-26(33)29(20-11-10-18-7-1-2-8-19(18)17-20)13-5-12-28(24)23(25(30)32)22-21(36-28)9-3-4-16-35-27(22)34/h1-3,5,7-12,17,21-24,31H,4,6,13-16H2/t21-,22+,23-,24?,28-/m0/s1. The molecule has 2 aromatic carbocycles. The van der Waals surface area contributed by atoms with Gasteiger partial charge in [0.2, 0.25) is 5.91 Å². The van der Waals surface area contributed by atoms with Crippen molar-refractivity contribution < 1.29 is 24.2 Å². The molecular weight excluding hydrogens is 476 g/mol. The monoisotopic (exact) mass is 504 g/mol. The molecule has 4 aliphatic heterocycles. The van der Waals surface area contributed by atoms with E-state index >= 15 is 0 Å². The highest BCUT2D eigenvalue weighted by Crippen LogP contribution is 2.60. The Hall–Kier alpha value is -3.10. The van der Waals surface area contributed by atoms with Gasteiger partial charge in [-0.3, -0.25) is 14.4 Å². The maximum atomic E-state index is 14.3. The molecule has 0 bridgehead atoms. The fourth-order valence-corrected chi connectivity index (χ4v) is 8.17. The minimum absolute atomic E-state index is 0.0867. The van der Waals surface area contributed by atoms with Crippen molar-refractivity contribution >= 4 is 46.0 Å². The molecule has 0 aliphatic carbocycles. The summed E-state index contributed by atoms with van der Waals surface area (Å²) >= 11 is 1.53. The van der Waals surface area contributed by atoms with Gasteiger partial charge in [-0.05, 0) is 35.7 Å². The van der Waals surface area contributed by atoms with Gasteiger partial charge in [-0.25, -0.2) is 0 Å². The fourth-order valence-electron chi connectivity index (χ4n) is 6.16. The van der Waals surface area contributed by atoms with Crippen LogP contribution in [0.5, 0.6) is 0 Å². The molecular formula is C28H28N2O5S. The van der Waals surface area contributed by atoms with E-state index < -0.39 is 22.6 Å². The van der Waals surface area contributed by atoms with Gasteiger partial charge in [0.05, 0.1) is 23.2 Å². The number of carbonyl (C=O) groups excluding carboxylic acids is 3. The number of hydrogen-bond donors (Lipinski definition) is 1. The number of esters is 1. The van der Waals surface area contributed by atoms with Gasteiger partial charge in [-0.15, -0.1) is 11.8 Å². The van der Waals surface area contributed by atoms with E-state index in [2.05, 4.69) is 0 Å². The van der Waals surface area contributed by atoms with Gasteiger partial charge in [-0.2, -0.15) is 0 Å². The predicted molar refractivity (Wildman–Crippen MR) is 138 cm³/mol. The van der Waals surface area contributed by atoms with Gasteiger partial charge in [0, 0.05) is 30.6 Å². The van der Waals surface area contributed by atoms with Crippen LogP contribution in [0.2, 0.25) is 0 Å². The van der Waals surface area contributed by atoms with Gasteiger partial charge in [0.25, 0.3) is 5.91 Å². The smallest absolute Gasteiger partial charge is 0.311 e. The van der Waals surface area contributed by atoms with E-state index in [-0.39, 0.29) is 36.2 Å². The number of aliphatic hydroxyl groups is 1. The van der Waals surface area contributed by atoms with E-state index in [9.17, 15) is 19.5 Å². The zero-order valence-corrected chi connectivity index (χ0v) is 20.6. The van der Waals surface area contributed by atoms with E-state index in [1.165, 1.54) is 11.8 Å². The summed E-state index contributed by atoms with van der Waals surface area (Å²) in [4.78, 5) is 44.7. The average molecular weight is 505 g/mol. The van der Waals surface area contributed by atoms with Crippen LogP contribution in [-0.2, 0) is 19.1 Å². The Morgan fingerprint density at radius 3 is 2.72 bits per heavy atom. The van der Waals surface area contributed by atoms with E-state index in [4.69, 9.17) is 4.74 Å². The Bertz CT molecular complexity index is 1290. The quantitative estimate of drug-likeness (QED) is 0.509. The highest BCUT2D eigenvalue weighted by atomic mass is 32.2. The number of benzene rings is 2. The van der Waals surface area contributed by atoms with Crippen LogP contribution < -0.4 is 4.90 Å². The lowest BCUT2D eigenvalue weighted by Crippen LogP contribution is -2.53. The molecule has 2 amide bonds. The molecule has 7 nitrogen and oxygen atoms in total. The summed E-state index contributed by atoms with van der Waals surface area (Å²) in [7, 11) is 0. The summed E-state index contributed by atoms with van der Waals surface area (Å²) in [5.41, 5.74) is 0.770. The number of fused-ring (bicyclic) bond motifs is 3. The summed E-state index contributed by atoms with van der Waals surface area (Å²) in [6.45, 7) is 0.836. The topological polar surface area (TPSA) is 87.2 Å². The Morgan fingerprint density at radius 1 is 1.06 bits per heavy atom. The summed E-state index contributed by atoms with van der Waals surface area (Å²) in [6, 6.07) is 13.2. The molecule has 1 N–H and O–H groups in total. The normalized spacial score (nSPS) is 31.5. The number of nitrogens with zero attached hydrogens (tertiary/aromatic N) is 2. The van der Waals surface area contributed by atoms with Gasteiger partial charge >= 0.3 is 5.97 Å². The van der Waals surface area contributed by atoms with Crippen molar-refractivity contribution in [3.8, 4) is 0 Å². The van der Waals surface area contributed by atoms with Crippen LogP contribution in [0.25, 0.3) is 10.8 Å². The number of anilines is 1. The van der Waals surface area contributed by atoms with Crippen molar-refractivity contribution in [1.82, 2.24) is 4.90 Å². The lowest BCUT2D eigenvalue weighted by molar-refractivity contribution is -0.153. The molecule has 36 heavy (non-hydrogen) atoms. The molecule has 5 atom stereocenters. The van der Waals surface area contributed by atoms with E-state index in [1.807, 2.05) is 66.8 Å². The molecule has 1 unspecified atom stereocenters. The highest BCUT2D eigenvalue weighted by Gasteiger charge is 2.70. The Balaban J connectivity index is 1.45. The second kappa shape index (κ2) is 9.09. The number of aliphatic hydroxyl groups excluding tert-OH is 1. The second-order valence-corrected chi connectivity index (χ2v) is 11.2. The number of thioether (sulfide) groups is 1. The van der Waals surface area contributed by atoms with E-state index in [0.29, 0.717) is 26.0 Å². The third-order valence-corrected chi connectivity index (χ3v) is 9.47. The molecule has 1 spiro atoms. The van der Waals surface area contributed by atoms with Crippen molar-refractivity contribution in [2.24, 2.45) is 11.8 Å². The number of hydrogen-bond acceptors (Lipinski definition) is 6. The second-order valence-electron chi connectivity index (χ2n) is 9.72. The molecule has 2 fully saturated rings. The number of cyclic esters (lactones) is 1. The van der Waals surface area contributed by atoms with Gasteiger partial charge < -0.3 is 19.6 Å². The van der Waals surface area contributed by atoms with Gasteiger partial charge in [-0.1, -0.05) is 54.6 Å². The Kier molecular flexibility index (Phi) is 5.88. The lowest BCUT2D eigenvalue weighted by atomic mass is 9.78. The van der Waals surface area contributed by atoms with Crippen molar-refractivity contribution in [3.63, 3.8) is 0 Å². The van der Waals surface area contributed by atoms with Crippen LogP contribution in [0, 0.1) is 11.8 Å². The number of ether oxygens (including phenoxy) is 1. The van der Waals surface area contributed by atoms with Crippen molar-refractivity contribution in [2.45, 2.75) is 28.9 Å². The van der Waals surface area contributed by atoms with Crippen LogP contribution in [0.3, 0.4) is 0 Å². The zero-order valence-electron chi connectivity index (χ0n) is 19.8. The van der Waals surface area contributed by atoms with Crippen molar-refractivity contribution in [2.75, 3.05) is 31.2 Å². The molecule has 6 rings (SSSR count). The van der Waals surface area contributed by atoms with Crippen molar-refractivity contribution in [3.05, 3.63) is 66.8 Å².